The van der Waals surface area contributed by atoms with E-state index in [-0.39, 0.29) is 18.9 Å². The van der Waals surface area contributed by atoms with Crippen molar-refractivity contribution in [3.8, 4) is 0 Å². The molecule has 2 rings (SSSR count). The first kappa shape index (κ1) is 17.7. The van der Waals surface area contributed by atoms with Crippen molar-refractivity contribution in [2.75, 3.05) is 39.4 Å². The lowest BCUT2D eigenvalue weighted by atomic mass is 10.2. The highest BCUT2D eigenvalue weighted by Crippen LogP contribution is 2.14. The van der Waals surface area contributed by atoms with E-state index in [1.807, 2.05) is 18.3 Å². The summed E-state index contributed by atoms with van der Waals surface area (Å²) in [5, 5.41) is 0. The van der Waals surface area contributed by atoms with Gasteiger partial charge in [0, 0.05) is 45.1 Å². The number of carbonyl (C=O) groups excluding carboxylic acids is 1. The molecule has 0 unspecified atom stereocenters. The quantitative estimate of drug-likeness (QED) is 0.745. The van der Waals surface area contributed by atoms with E-state index in [0.717, 1.165) is 25.2 Å². The Morgan fingerprint density at radius 1 is 1.26 bits per heavy atom. The summed E-state index contributed by atoms with van der Waals surface area (Å²) in [6.45, 7) is 1.92. The van der Waals surface area contributed by atoms with E-state index in [0.29, 0.717) is 13.1 Å². The van der Waals surface area contributed by atoms with Gasteiger partial charge in [0.2, 0.25) is 5.91 Å². The molecule has 1 saturated heterocycles. The van der Waals surface area contributed by atoms with Gasteiger partial charge < -0.3 is 9.64 Å². The lowest BCUT2D eigenvalue weighted by Crippen LogP contribution is -2.48. The van der Waals surface area contributed by atoms with E-state index in [4.69, 9.17) is 0 Å². The summed E-state index contributed by atoms with van der Waals surface area (Å²) in [5.74, 6) is -0.159. The first-order chi connectivity index (χ1) is 10.9. The molecule has 5 nitrogen and oxygen atoms in total. The number of pyridine rings is 1. The monoisotopic (exact) mass is 331 g/mol. The third-order valence-corrected chi connectivity index (χ3v) is 3.58. The summed E-state index contributed by atoms with van der Waals surface area (Å²) in [6, 6.07) is 3.89. The maximum Gasteiger partial charge on any atom is 0.411 e. The van der Waals surface area contributed by atoms with Crippen LogP contribution in [0.5, 0.6) is 0 Å². The van der Waals surface area contributed by atoms with Gasteiger partial charge in [0.05, 0.1) is 13.0 Å². The molecule has 0 spiro atoms. The zero-order valence-electron chi connectivity index (χ0n) is 12.8. The van der Waals surface area contributed by atoms with Crippen molar-refractivity contribution >= 4 is 5.91 Å². The molecule has 128 valence electrons. The van der Waals surface area contributed by atoms with Crippen molar-refractivity contribution < 1.29 is 22.7 Å². The molecule has 0 radical (unpaired) electrons. The van der Waals surface area contributed by atoms with Crippen LogP contribution in [-0.4, -0.2) is 66.3 Å². The van der Waals surface area contributed by atoms with Crippen LogP contribution in [0.3, 0.4) is 0 Å². The molecule has 1 fully saturated rings. The normalized spacial score (nSPS) is 16.6. The molecule has 0 atom stereocenters. The first-order valence-corrected chi connectivity index (χ1v) is 7.47. The molecule has 23 heavy (non-hydrogen) atoms. The zero-order chi connectivity index (χ0) is 16.7. The summed E-state index contributed by atoms with van der Waals surface area (Å²) in [4.78, 5) is 19.9. The van der Waals surface area contributed by atoms with Crippen LogP contribution in [-0.2, 0) is 16.1 Å². The number of carbonyl (C=O) groups is 1. The standard InChI is InChI=1S/C15H20F3N3O2/c16-15(17,18)12-23-9-3-14(22)21-7-5-20(6-8-21)11-13-2-1-4-19-10-13/h1-2,4,10H,3,5-9,11-12H2. The van der Waals surface area contributed by atoms with Gasteiger partial charge in [-0.1, -0.05) is 6.07 Å². The number of halogens is 3. The van der Waals surface area contributed by atoms with Crippen LogP contribution in [0.4, 0.5) is 13.2 Å². The lowest BCUT2D eigenvalue weighted by Gasteiger charge is -2.34. The number of hydrogen-bond acceptors (Lipinski definition) is 4. The zero-order valence-corrected chi connectivity index (χ0v) is 12.8. The molecular formula is C15H20F3N3O2. The van der Waals surface area contributed by atoms with Gasteiger partial charge in [-0.2, -0.15) is 13.2 Å². The largest absolute Gasteiger partial charge is 0.411 e. The van der Waals surface area contributed by atoms with Crippen molar-refractivity contribution in [2.45, 2.75) is 19.1 Å². The Balaban J connectivity index is 1.64. The minimum absolute atomic E-state index is 0.0152. The van der Waals surface area contributed by atoms with Crippen molar-refractivity contribution in [3.05, 3.63) is 30.1 Å². The topological polar surface area (TPSA) is 45.7 Å². The molecule has 2 heterocycles. The highest BCUT2D eigenvalue weighted by atomic mass is 19.4. The van der Waals surface area contributed by atoms with Gasteiger partial charge in [-0.05, 0) is 11.6 Å². The van der Waals surface area contributed by atoms with E-state index in [9.17, 15) is 18.0 Å². The Morgan fingerprint density at radius 3 is 2.61 bits per heavy atom. The number of amides is 1. The molecule has 1 aliphatic rings. The van der Waals surface area contributed by atoms with Crippen LogP contribution in [0.25, 0.3) is 0 Å². The molecule has 0 aromatic carbocycles. The first-order valence-electron chi connectivity index (χ1n) is 7.47. The van der Waals surface area contributed by atoms with E-state index >= 15 is 0 Å². The van der Waals surface area contributed by atoms with Crippen molar-refractivity contribution in [2.24, 2.45) is 0 Å². The molecule has 0 aliphatic carbocycles. The number of nitrogens with zero attached hydrogens (tertiary/aromatic N) is 3. The summed E-state index contributed by atoms with van der Waals surface area (Å²) >= 11 is 0. The van der Waals surface area contributed by atoms with Crippen LogP contribution in [0, 0.1) is 0 Å². The van der Waals surface area contributed by atoms with Gasteiger partial charge in [-0.15, -0.1) is 0 Å². The number of aromatic nitrogens is 1. The van der Waals surface area contributed by atoms with Gasteiger partial charge in [0.1, 0.15) is 6.61 Å². The summed E-state index contributed by atoms with van der Waals surface area (Å²) in [6.07, 6.45) is -0.823. The molecular weight excluding hydrogens is 311 g/mol. The van der Waals surface area contributed by atoms with Gasteiger partial charge in [-0.3, -0.25) is 14.7 Å². The summed E-state index contributed by atoms with van der Waals surface area (Å²) in [7, 11) is 0. The summed E-state index contributed by atoms with van der Waals surface area (Å²) < 4.78 is 40.2. The number of ether oxygens (including phenoxy) is 1. The van der Waals surface area contributed by atoms with Crippen molar-refractivity contribution in [3.63, 3.8) is 0 Å². The maximum atomic E-state index is 11.9. The molecule has 1 aliphatic heterocycles. The minimum atomic E-state index is -4.35. The second-order valence-electron chi connectivity index (χ2n) is 5.44. The number of rotatable bonds is 6. The molecule has 0 N–H and O–H groups in total. The maximum absolute atomic E-state index is 11.9. The predicted molar refractivity (Wildman–Crippen MR) is 77.6 cm³/mol. The van der Waals surface area contributed by atoms with Crippen LogP contribution in [0.1, 0.15) is 12.0 Å². The van der Waals surface area contributed by atoms with Crippen molar-refractivity contribution in [1.82, 2.24) is 14.8 Å². The van der Waals surface area contributed by atoms with E-state index in [2.05, 4.69) is 14.6 Å². The fraction of sp³-hybridized carbons (Fsp3) is 0.600. The van der Waals surface area contributed by atoms with Gasteiger partial charge in [0.15, 0.2) is 0 Å². The third-order valence-electron chi connectivity index (χ3n) is 3.58. The van der Waals surface area contributed by atoms with Crippen LogP contribution in [0.2, 0.25) is 0 Å². The minimum Gasteiger partial charge on any atom is -0.372 e. The van der Waals surface area contributed by atoms with Gasteiger partial charge in [0.25, 0.3) is 0 Å². The fourth-order valence-electron chi connectivity index (χ4n) is 2.41. The number of hydrogen-bond donors (Lipinski definition) is 0. The van der Waals surface area contributed by atoms with Gasteiger partial charge >= 0.3 is 6.18 Å². The summed E-state index contributed by atoms with van der Waals surface area (Å²) in [5.41, 5.74) is 1.12. The molecule has 1 amide bonds. The Morgan fingerprint density at radius 2 is 2.00 bits per heavy atom. The second kappa shape index (κ2) is 8.26. The Hall–Kier alpha value is -1.67. The Labute approximate surface area is 133 Å². The SMILES string of the molecule is O=C(CCOCC(F)(F)F)N1CCN(Cc2cccnc2)CC1. The molecule has 0 saturated carbocycles. The molecule has 0 bridgehead atoms. The Bertz CT molecular complexity index is 488. The fourth-order valence-corrected chi connectivity index (χ4v) is 2.41. The van der Waals surface area contributed by atoms with Crippen LogP contribution < -0.4 is 0 Å². The highest BCUT2D eigenvalue weighted by Gasteiger charge is 2.27. The lowest BCUT2D eigenvalue weighted by molar-refractivity contribution is -0.175. The van der Waals surface area contributed by atoms with Gasteiger partial charge in [-0.25, -0.2) is 0 Å². The van der Waals surface area contributed by atoms with E-state index in [1.54, 1.807) is 11.1 Å². The van der Waals surface area contributed by atoms with E-state index < -0.39 is 12.8 Å². The average Bonchev–Trinajstić information content (AvgIpc) is 2.52. The third kappa shape index (κ3) is 6.54. The molecule has 8 heteroatoms. The smallest absolute Gasteiger partial charge is 0.372 e. The molecule has 1 aromatic rings. The van der Waals surface area contributed by atoms with E-state index in [1.165, 1.54) is 0 Å². The highest BCUT2D eigenvalue weighted by molar-refractivity contribution is 5.76. The Kier molecular flexibility index (Phi) is 6.35. The number of alkyl halides is 3. The average molecular weight is 331 g/mol. The molecule has 1 aromatic heterocycles. The second-order valence-corrected chi connectivity index (χ2v) is 5.44. The predicted octanol–water partition coefficient (Wildman–Crippen LogP) is 1.69. The van der Waals surface area contributed by atoms with Crippen LogP contribution >= 0.6 is 0 Å². The van der Waals surface area contributed by atoms with Crippen molar-refractivity contribution in [1.29, 1.82) is 0 Å². The van der Waals surface area contributed by atoms with Crippen LogP contribution in [0.15, 0.2) is 24.5 Å². The number of piperazine rings is 1.